The first-order valence-corrected chi connectivity index (χ1v) is 15.8. The number of rotatable bonds is 3. The summed E-state index contributed by atoms with van der Waals surface area (Å²) in [5.74, 6) is 0. The number of para-hydroxylation sites is 4. The van der Waals surface area contributed by atoms with E-state index in [4.69, 9.17) is 0 Å². The number of hydrogen-bond acceptors (Lipinski definition) is 1. The topological polar surface area (TPSA) is 33.6 Å². The fourth-order valence-corrected chi connectivity index (χ4v) is 7.61. The largest absolute Gasteiger partial charge is 0.417 e. The summed E-state index contributed by atoms with van der Waals surface area (Å²) in [5, 5.41) is 15.2. The lowest BCUT2D eigenvalue weighted by molar-refractivity contribution is -0.137. The van der Waals surface area contributed by atoms with Gasteiger partial charge in [0.15, 0.2) is 0 Å². The van der Waals surface area contributed by atoms with Crippen LogP contribution in [-0.2, 0) is 6.18 Å². The van der Waals surface area contributed by atoms with E-state index in [1.165, 1.54) is 12.1 Å². The Morgan fingerprint density at radius 3 is 1.25 bits per heavy atom. The third kappa shape index (κ3) is 4.21. The van der Waals surface area contributed by atoms with Crippen LogP contribution in [0.3, 0.4) is 0 Å². The highest BCUT2D eigenvalue weighted by Crippen LogP contribution is 2.44. The Balaban J connectivity index is 1.64. The summed E-state index contributed by atoms with van der Waals surface area (Å²) in [6.07, 6.45) is -4.58. The second kappa shape index (κ2) is 10.6. The zero-order valence-corrected chi connectivity index (χ0v) is 26.9. The molecule has 2 heterocycles. The van der Waals surface area contributed by atoms with Gasteiger partial charge in [-0.05, 0) is 79.3 Å². The molecule has 0 radical (unpaired) electrons. The van der Waals surface area contributed by atoms with E-state index < -0.39 is 11.7 Å². The van der Waals surface area contributed by atoms with Crippen molar-refractivity contribution in [1.29, 1.82) is 5.26 Å². The molecule has 0 N–H and O–H groups in total. The zero-order chi connectivity index (χ0) is 33.5. The molecule has 0 unspecified atom stereocenters. The van der Waals surface area contributed by atoms with E-state index in [-0.39, 0.29) is 5.56 Å². The van der Waals surface area contributed by atoms with Gasteiger partial charge in [0, 0.05) is 21.5 Å². The lowest BCUT2D eigenvalue weighted by Gasteiger charge is -2.21. The Morgan fingerprint density at radius 2 is 0.896 bits per heavy atom. The smallest absolute Gasteiger partial charge is 0.307 e. The van der Waals surface area contributed by atoms with Crippen LogP contribution in [0.4, 0.5) is 13.2 Å². The summed E-state index contributed by atoms with van der Waals surface area (Å²) in [4.78, 5) is 0. The number of aromatic nitrogens is 2. The van der Waals surface area contributed by atoms with Crippen LogP contribution < -0.4 is 0 Å². The van der Waals surface area contributed by atoms with Crippen molar-refractivity contribution >= 4 is 43.6 Å². The van der Waals surface area contributed by atoms with Crippen molar-refractivity contribution in [3.05, 3.63) is 143 Å². The van der Waals surface area contributed by atoms with Gasteiger partial charge in [0.2, 0.25) is 0 Å². The minimum Gasteiger partial charge on any atom is -0.307 e. The number of hydrogen-bond donors (Lipinski definition) is 0. The van der Waals surface area contributed by atoms with Crippen LogP contribution in [0, 0.1) is 39.0 Å². The molecule has 0 aliphatic carbocycles. The van der Waals surface area contributed by atoms with E-state index in [0.717, 1.165) is 71.9 Å². The lowest BCUT2D eigenvalue weighted by atomic mass is 9.95. The minimum atomic E-state index is -4.58. The number of alkyl halides is 3. The lowest BCUT2D eigenvalue weighted by Crippen LogP contribution is -2.09. The highest BCUT2D eigenvalue weighted by Gasteiger charge is 2.34. The monoisotopic (exact) mass is 633 g/mol. The van der Waals surface area contributed by atoms with E-state index >= 15 is 0 Å². The van der Waals surface area contributed by atoms with Gasteiger partial charge < -0.3 is 9.13 Å². The molecule has 8 rings (SSSR count). The summed E-state index contributed by atoms with van der Waals surface area (Å²) in [6, 6.07) is 36.2. The quantitative estimate of drug-likeness (QED) is 0.191. The molecule has 0 atom stereocenters. The fraction of sp³-hybridized carbons (Fsp3) is 0.119. The highest BCUT2D eigenvalue weighted by molar-refractivity contribution is 6.13. The first kappa shape index (κ1) is 29.6. The summed E-state index contributed by atoms with van der Waals surface area (Å²) >= 11 is 0. The summed E-state index contributed by atoms with van der Waals surface area (Å²) in [6.45, 7) is 8.12. The van der Waals surface area contributed by atoms with Gasteiger partial charge in [0.05, 0.1) is 39.0 Å². The first-order valence-electron chi connectivity index (χ1n) is 15.8. The molecule has 0 aliphatic heterocycles. The number of halogens is 3. The normalized spacial score (nSPS) is 12.0. The number of aryl methyl sites for hydroxylation is 4. The number of fused-ring (bicyclic) bond motifs is 6. The second-order valence-electron chi connectivity index (χ2n) is 12.6. The van der Waals surface area contributed by atoms with E-state index in [2.05, 4.69) is 39.5 Å². The molecule has 0 saturated heterocycles. The van der Waals surface area contributed by atoms with Crippen LogP contribution in [0.2, 0.25) is 0 Å². The van der Waals surface area contributed by atoms with Crippen LogP contribution in [0.25, 0.3) is 66.1 Å². The molecule has 0 bridgehead atoms. The molecule has 0 amide bonds. The molecular weight excluding hydrogens is 603 g/mol. The van der Waals surface area contributed by atoms with Crippen LogP contribution >= 0.6 is 0 Å². The molecular formula is C42H30F3N3. The third-order valence-electron chi connectivity index (χ3n) is 9.66. The van der Waals surface area contributed by atoms with Gasteiger partial charge in [-0.15, -0.1) is 0 Å². The van der Waals surface area contributed by atoms with Gasteiger partial charge in [-0.25, -0.2) is 0 Å². The molecule has 2 aromatic heterocycles. The predicted octanol–water partition coefficient (Wildman–Crippen LogP) is 11.7. The van der Waals surface area contributed by atoms with Crippen molar-refractivity contribution in [3.8, 4) is 28.6 Å². The SMILES string of the molecule is Cc1cccc2c3cccc(C)c3n(-c3cc(-c4ccccc4C(F)(F)F)cc(-n4c5c(C)cccc5c5cccc(C)c54)c3C#N)c12. The molecule has 0 saturated carbocycles. The first-order chi connectivity index (χ1) is 23.1. The summed E-state index contributed by atoms with van der Waals surface area (Å²) < 4.78 is 48.0. The molecule has 234 valence electrons. The average Bonchev–Trinajstić information content (AvgIpc) is 3.60. The van der Waals surface area contributed by atoms with Crippen LogP contribution in [0.5, 0.6) is 0 Å². The van der Waals surface area contributed by atoms with Gasteiger partial charge in [0.1, 0.15) is 11.6 Å². The van der Waals surface area contributed by atoms with Crippen LogP contribution in [-0.4, -0.2) is 9.13 Å². The van der Waals surface area contributed by atoms with Gasteiger partial charge in [0.25, 0.3) is 0 Å². The van der Waals surface area contributed by atoms with E-state index in [9.17, 15) is 18.4 Å². The van der Waals surface area contributed by atoms with Crippen molar-refractivity contribution in [3.63, 3.8) is 0 Å². The summed E-state index contributed by atoms with van der Waals surface area (Å²) in [7, 11) is 0. The molecule has 0 spiro atoms. The maximum Gasteiger partial charge on any atom is 0.417 e. The molecule has 3 nitrogen and oxygen atoms in total. The average molecular weight is 634 g/mol. The Morgan fingerprint density at radius 1 is 0.521 bits per heavy atom. The number of nitrogens with zero attached hydrogens (tertiary/aromatic N) is 3. The van der Waals surface area contributed by atoms with Crippen LogP contribution in [0.15, 0.2) is 109 Å². The van der Waals surface area contributed by atoms with E-state index in [1.807, 2.05) is 76.2 Å². The number of benzene rings is 6. The molecule has 6 heteroatoms. The second-order valence-corrected chi connectivity index (χ2v) is 12.6. The maximum absolute atomic E-state index is 14.6. The molecule has 48 heavy (non-hydrogen) atoms. The number of nitriles is 1. The Bertz CT molecular complexity index is 2400. The Hall–Kier alpha value is -5.80. The molecule has 6 aromatic carbocycles. The van der Waals surface area contributed by atoms with Crippen molar-refractivity contribution in [2.24, 2.45) is 0 Å². The third-order valence-corrected chi connectivity index (χ3v) is 9.66. The highest BCUT2D eigenvalue weighted by atomic mass is 19.4. The molecule has 0 aliphatic rings. The fourth-order valence-electron chi connectivity index (χ4n) is 7.61. The van der Waals surface area contributed by atoms with E-state index in [1.54, 1.807) is 18.2 Å². The van der Waals surface area contributed by atoms with Gasteiger partial charge in [-0.1, -0.05) is 91.0 Å². The van der Waals surface area contributed by atoms with Gasteiger partial charge in [-0.3, -0.25) is 0 Å². The Labute approximate surface area is 275 Å². The van der Waals surface area contributed by atoms with Gasteiger partial charge in [-0.2, -0.15) is 18.4 Å². The predicted molar refractivity (Wildman–Crippen MR) is 189 cm³/mol. The van der Waals surface area contributed by atoms with Crippen molar-refractivity contribution < 1.29 is 13.2 Å². The zero-order valence-electron chi connectivity index (χ0n) is 26.9. The maximum atomic E-state index is 14.6. The van der Waals surface area contributed by atoms with Gasteiger partial charge >= 0.3 is 6.18 Å². The Kier molecular flexibility index (Phi) is 6.54. The molecule has 8 aromatic rings. The van der Waals surface area contributed by atoms with E-state index in [0.29, 0.717) is 22.5 Å². The van der Waals surface area contributed by atoms with Crippen LogP contribution in [0.1, 0.15) is 33.4 Å². The van der Waals surface area contributed by atoms with Crippen molar-refractivity contribution in [2.45, 2.75) is 33.9 Å². The standard InChI is InChI=1S/C42H30F3N3/c1-24-11-7-16-30-31-17-8-12-25(2)39(31)47(38(24)30)36-21-28(29-15-5-6-20-35(29)42(43,44)45)22-37(34(36)23-46)48-40-26(3)13-9-18-32(40)33-19-10-14-27(4)41(33)48/h5-22H,1-4H3. The minimum absolute atomic E-state index is 0.0559. The van der Waals surface area contributed by atoms with Crippen molar-refractivity contribution in [1.82, 2.24) is 9.13 Å². The van der Waals surface area contributed by atoms with Crippen molar-refractivity contribution in [2.75, 3.05) is 0 Å². The molecule has 0 fully saturated rings. The summed E-state index contributed by atoms with van der Waals surface area (Å²) in [5.41, 5.74) is 8.80.